The van der Waals surface area contributed by atoms with Crippen molar-refractivity contribution in [2.75, 3.05) is 0 Å². The Morgan fingerprint density at radius 2 is 2.21 bits per heavy atom. The van der Waals surface area contributed by atoms with Crippen LogP contribution in [0.2, 0.25) is 0 Å². The molecule has 4 nitrogen and oxygen atoms in total. The molecule has 0 aliphatic rings. The smallest absolute Gasteiger partial charge is 0.112 e. The first-order valence-corrected chi connectivity index (χ1v) is 4.70. The molecule has 1 N–H and O–H groups in total. The van der Waals surface area contributed by atoms with Crippen LogP contribution in [0.1, 0.15) is 18.3 Å². The highest BCUT2D eigenvalue weighted by Crippen LogP contribution is 2.15. The average molecular weight is 191 g/mol. The predicted molar refractivity (Wildman–Crippen MR) is 53.9 cm³/mol. The zero-order valence-corrected chi connectivity index (χ0v) is 8.36. The molecule has 2 rings (SSSR count). The van der Waals surface area contributed by atoms with E-state index in [2.05, 4.69) is 10.1 Å². The van der Waals surface area contributed by atoms with E-state index in [4.69, 9.17) is 5.11 Å². The molecule has 2 aromatic rings. The summed E-state index contributed by atoms with van der Waals surface area (Å²) >= 11 is 0. The first kappa shape index (κ1) is 9.15. The summed E-state index contributed by atoms with van der Waals surface area (Å²) in [5.74, 6) is 0. The third kappa shape index (κ3) is 1.28. The van der Waals surface area contributed by atoms with Crippen molar-refractivity contribution in [3.05, 3.63) is 23.5 Å². The van der Waals surface area contributed by atoms with Crippen LogP contribution in [0.25, 0.3) is 11.0 Å². The van der Waals surface area contributed by atoms with Gasteiger partial charge in [-0.1, -0.05) is 0 Å². The predicted octanol–water partition coefficient (Wildman–Crippen LogP) is 1.25. The van der Waals surface area contributed by atoms with Gasteiger partial charge in [0.15, 0.2) is 0 Å². The molecule has 2 aromatic heterocycles. The lowest BCUT2D eigenvalue weighted by Gasteiger charge is -1.97. The second kappa shape index (κ2) is 3.38. The topological polar surface area (TPSA) is 50.9 Å². The fourth-order valence-electron chi connectivity index (χ4n) is 1.56. The van der Waals surface area contributed by atoms with Crippen LogP contribution in [0, 0.1) is 6.92 Å². The monoisotopic (exact) mass is 191 g/mol. The van der Waals surface area contributed by atoms with Gasteiger partial charge in [-0.15, -0.1) is 0 Å². The second-order valence-electron chi connectivity index (χ2n) is 3.23. The maximum atomic E-state index is 8.96. The molecule has 0 spiro atoms. The van der Waals surface area contributed by atoms with Gasteiger partial charge < -0.3 is 5.11 Å². The van der Waals surface area contributed by atoms with Crippen molar-refractivity contribution >= 4 is 11.0 Å². The van der Waals surface area contributed by atoms with E-state index in [1.54, 1.807) is 6.07 Å². The lowest BCUT2D eigenvalue weighted by atomic mass is 10.3. The van der Waals surface area contributed by atoms with Crippen molar-refractivity contribution in [3.63, 3.8) is 0 Å². The molecule has 0 aromatic carbocycles. The molecule has 74 valence electrons. The molecule has 0 aliphatic heterocycles. The standard InChI is InChI=1S/C10H13N3O/c1-3-13-7(2)10-9(12-13)5-4-8(6-14)11-10/h4-5,14H,3,6H2,1-2H3. The van der Waals surface area contributed by atoms with E-state index < -0.39 is 0 Å². The van der Waals surface area contributed by atoms with E-state index in [1.165, 1.54) is 0 Å². The highest BCUT2D eigenvalue weighted by molar-refractivity contribution is 5.76. The third-order valence-electron chi connectivity index (χ3n) is 2.35. The number of hydrogen-bond donors (Lipinski definition) is 1. The highest BCUT2D eigenvalue weighted by atomic mass is 16.3. The number of hydrogen-bond acceptors (Lipinski definition) is 3. The Morgan fingerprint density at radius 3 is 2.86 bits per heavy atom. The van der Waals surface area contributed by atoms with Crippen molar-refractivity contribution in [2.45, 2.75) is 27.0 Å². The fourth-order valence-corrected chi connectivity index (χ4v) is 1.56. The van der Waals surface area contributed by atoms with Crippen LogP contribution in [0.5, 0.6) is 0 Å². The lowest BCUT2D eigenvalue weighted by Crippen LogP contribution is -1.98. The fraction of sp³-hybridized carbons (Fsp3) is 0.400. The lowest BCUT2D eigenvalue weighted by molar-refractivity contribution is 0.277. The number of nitrogens with zero attached hydrogens (tertiary/aromatic N) is 3. The van der Waals surface area contributed by atoms with Gasteiger partial charge in [-0.25, -0.2) is 4.98 Å². The summed E-state index contributed by atoms with van der Waals surface area (Å²) in [6.07, 6.45) is 0. The molecule has 0 atom stereocenters. The number of aliphatic hydroxyl groups is 1. The number of aryl methyl sites for hydroxylation is 2. The summed E-state index contributed by atoms with van der Waals surface area (Å²) < 4.78 is 1.92. The van der Waals surface area contributed by atoms with Gasteiger partial charge in [0.1, 0.15) is 11.0 Å². The van der Waals surface area contributed by atoms with Gasteiger partial charge >= 0.3 is 0 Å². The molecular formula is C10H13N3O. The van der Waals surface area contributed by atoms with Gasteiger partial charge in [-0.2, -0.15) is 5.10 Å². The van der Waals surface area contributed by atoms with E-state index in [0.29, 0.717) is 5.69 Å². The van der Waals surface area contributed by atoms with E-state index >= 15 is 0 Å². The molecule has 0 bridgehead atoms. The minimum atomic E-state index is -0.0211. The molecule has 0 radical (unpaired) electrons. The van der Waals surface area contributed by atoms with Gasteiger partial charge in [0, 0.05) is 6.54 Å². The zero-order chi connectivity index (χ0) is 10.1. The number of fused-ring (bicyclic) bond motifs is 1. The minimum absolute atomic E-state index is 0.0211. The number of aromatic nitrogens is 3. The maximum absolute atomic E-state index is 8.96. The molecule has 0 fully saturated rings. The van der Waals surface area contributed by atoms with Gasteiger partial charge in [0.2, 0.25) is 0 Å². The SMILES string of the molecule is CCn1nc2ccc(CO)nc2c1C. The molecule has 0 saturated heterocycles. The zero-order valence-electron chi connectivity index (χ0n) is 8.36. The van der Waals surface area contributed by atoms with Crippen LogP contribution < -0.4 is 0 Å². The number of rotatable bonds is 2. The summed E-state index contributed by atoms with van der Waals surface area (Å²) in [6, 6.07) is 3.70. The highest BCUT2D eigenvalue weighted by Gasteiger charge is 2.07. The van der Waals surface area contributed by atoms with Gasteiger partial charge in [-0.05, 0) is 26.0 Å². The van der Waals surface area contributed by atoms with E-state index in [9.17, 15) is 0 Å². The Kier molecular flexibility index (Phi) is 2.21. The van der Waals surface area contributed by atoms with Gasteiger partial charge in [0.25, 0.3) is 0 Å². The minimum Gasteiger partial charge on any atom is -0.390 e. The average Bonchev–Trinajstić information content (AvgIpc) is 2.55. The van der Waals surface area contributed by atoms with Gasteiger partial charge in [0.05, 0.1) is 18.0 Å². The molecule has 4 heteroatoms. The number of aliphatic hydroxyl groups excluding tert-OH is 1. The van der Waals surface area contributed by atoms with Crippen LogP contribution in [-0.4, -0.2) is 19.9 Å². The molecule has 0 aliphatic carbocycles. The van der Waals surface area contributed by atoms with Crippen LogP contribution in [0.3, 0.4) is 0 Å². The quantitative estimate of drug-likeness (QED) is 0.777. The van der Waals surface area contributed by atoms with Crippen LogP contribution in [-0.2, 0) is 13.2 Å². The van der Waals surface area contributed by atoms with Crippen LogP contribution in [0.15, 0.2) is 12.1 Å². The van der Waals surface area contributed by atoms with Crippen molar-refractivity contribution < 1.29 is 5.11 Å². The first-order chi connectivity index (χ1) is 6.76. The Bertz CT molecular complexity index is 462. The van der Waals surface area contributed by atoms with Gasteiger partial charge in [-0.3, -0.25) is 4.68 Å². The van der Waals surface area contributed by atoms with Crippen molar-refractivity contribution in [1.29, 1.82) is 0 Å². The normalized spacial score (nSPS) is 11.1. The van der Waals surface area contributed by atoms with Crippen molar-refractivity contribution in [1.82, 2.24) is 14.8 Å². The second-order valence-corrected chi connectivity index (χ2v) is 3.23. The summed E-state index contributed by atoms with van der Waals surface area (Å²) in [5, 5.41) is 13.3. The molecule has 0 saturated carbocycles. The Labute approximate surface area is 82.2 Å². The van der Waals surface area contributed by atoms with Crippen LogP contribution in [0.4, 0.5) is 0 Å². The molecule has 0 unspecified atom stereocenters. The Balaban J connectivity index is 2.68. The van der Waals surface area contributed by atoms with Crippen LogP contribution >= 0.6 is 0 Å². The molecule has 2 heterocycles. The van der Waals surface area contributed by atoms with Crippen molar-refractivity contribution in [2.24, 2.45) is 0 Å². The van der Waals surface area contributed by atoms with Crippen molar-refractivity contribution in [3.8, 4) is 0 Å². The number of pyridine rings is 1. The molecular weight excluding hydrogens is 178 g/mol. The van der Waals surface area contributed by atoms with E-state index in [0.717, 1.165) is 23.3 Å². The summed E-state index contributed by atoms with van der Waals surface area (Å²) in [4.78, 5) is 4.33. The molecule has 14 heavy (non-hydrogen) atoms. The third-order valence-corrected chi connectivity index (χ3v) is 2.35. The summed E-state index contributed by atoms with van der Waals surface area (Å²) in [5.41, 5.74) is 3.52. The summed E-state index contributed by atoms with van der Waals surface area (Å²) in [7, 11) is 0. The summed E-state index contributed by atoms with van der Waals surface area (Å²) in [6.45, 7) is 4.86. The Hall–Kier alpha value is -1.42. The Morgan fingerprint density at radius 1 is 1.43 bits per heavy atom. The van der Waals surface area contributed by atoms with E-state index in [-0.39, 0.29) is 6.61 Å². The first-order valence-electron chi connectivity index (χ1n) is 4.70. The largest absolute Gasteiger partial charge is 0.390 e. The van der Waals surface area contributed by atoms with E-state index in [1.807, 2.05) is 24.6 Å². The maximum Gasteiger partial charge on any atom is 0.112 e. The molecule has 0 amide bonds.